The number of nitrogens with two attached hydrogens (primary N) is 1. The number of ether oxygens (including phenoxy) is 1. The Kier molecular flexibility index (Phi) is 4.18. The van der Waals surface area contributed by atoms with Gasteiger partial charge in [-0.2, -0.15) is 0 Å². The minimum absolute atomic E-state index is 0.0908. The summed E-state index contributed by atoms with van der Waals surface area (Å²) >= 11 is 0. The molecule has 0 bridgehead atoms. The Labute approximate surface area is 115 Å². The lowest BCUT2D eigenvalue weighted by Gasteiger charge is -2.47. The first-order valence-electron chi connectivity index (χ1n) is 7.17. The molecule has 110 valence electrons. The van der Waals surface area contributed by atoms with Crippen LogP contribution in [0.5, 0.6) is 0 Å². The summed E-state index contributed by atoms with van der Waals surface area (Å²) in [5.41, 5.74) is 4.63. The van der Waals surface area contributed by atoms with Gasteiger partial charge in [0, 0.05) is 46.2 Å². The van der Waals surface area contributed by atoms with Gasteiger partial charge < -0.3 is 20.5 Å². The number of rotatable bonds is 4. The van der Waals surface area contributed by atoms with Gasteiger partial charge in [0.2, 0.25) is 5.91 Å². The Bertz CT molecular complexity index is 334. The second-order valence-electron chi connectivity index (χ2n) is 6.50. The maximum absolute atomic E-state index is 12.5. The van der Waals surface area contributed by atoms with Crippen molar-refractivity contribution in [2.45, 2.75) is 38.2 Å². The molecule has 0 aromatic heterocycles. The first-order chi connectivity index (χ1) is 8.91. The van der Waals surface area contributed by atoms with E-state index in [4.69, 9.17) is 10.5 Å². The number of aliphatic hydroxyl groups is 1. The van der Waals surface area contributed by atoms with E-state index in [1.54, 1.807) is 11.9 Å². The van der Waals surface area contributed by atoms with Gasteiger partial charge in [-0.15, -0.1) is 0 Å². The topological polar surface area (TPSA) is 75.8 Å². The summed E-state index contributed by atoms with van der Waals surface area (Å²) in [5, 5.41) is 10.5. The highest BCUT2D eigenvalue weighted by molar-refractivity contribution is 5.84. The van der Waals surface area contributed by atoms with Gasteiger partial charge in [-0.25, -0.2) is 0 Å². The van der Waals surface area contributed by atoms with E-state index in [1.165, 1.54) is 0 Å². The fourth-order valence-corrected chi connectivity index (χ4v) is 3.53. The van der Waals surface area contributed by atoms with Crippen LogP contribution >= 0.6 is 0 Å². The molecule has 0 unspecified atom stereocenters. The summed E-state index contributed by atoms with van der Waals surface area (Å²) < 4.78 is 5.26. The second kappa shape index (κ2) is 5.38. The van der Waals surface area contributed by atoms with Crippen LogP contribution in [-0.4, -0.2) is 54.9 Å². The van der Waals surface area contributed by atoms with E-state index >= 15 is 0 Å². The summed E-state index contributed by atoms with van der Waals surface area (Å²) in [7, 11) is 1.77. The van der Waals surface area contributed by atoms with Crippen molar-refractivity contribution in [3.8, 4) is 0 Å². The summed E-state index contributed by atoms with van der Waals surface area (Å²) in [4.78, 5) is 14.2. The molecule has 1 saturated carbocycles. The van der Waals surface area contributed by atoms with E-state index in [0.29, 0.717) is 45.1 Å². The maximum Gasteiger partial charge on any atom is 0.229 e. The van der Waals surface area contributed by atoms with Crippen LogP contribution in [0.2, 0.25) is 0 Å². The summed E-state index contributed by atoms with van der Waals surface area (Å²) in [6, 6.07) is 0. The van der Waals surface area contributed by atoms with Gasteiger partial charge in [0.1, 0.15) is 0 Å². The molecule has 19 heavy (non-hydrogen) atoms. The van der Waals surface area contributed by atoms with Crippen molar-refractivity contribution in [2.75, 3.05) is 33.4 Å². The number of hydrogen-bond donors (Lipinski definition) is 2. The van der Waals surface area contributed by atoms with Crippen LogP contribution in [0.3, 0.4) is 0 Å². The number of carbonyl (C=O) groups excluding carboxylic acids is 1. The van der Waals surface area contributed by atoms with Crippen molar-refractivity contribution in [3.63, 3.8) is 0 Å². The zero-order valence-corrected chi connectivity index (χ0v) is 12.0. The van der Waals surface area contributed by atoms with E-state index in [2.05, 4.69) is 6.92 Å². The van der Waals surface area contributed by atoms with Crippen LogP contribution in [0.4, 0.5) is 0 Å². The maximum atomic E-state index is 12.5. The highest BCUT2D eigenvalue weighted by Gasteiger charge is 2.49. The Morgan fingerprint density at radius 1 is 1.42 bits per heavy atom. The quantitative estimate of drug-likeness (QED) is 0.773. The third kappa shape index (κ3) is 2.93. The molecule has 1 amide bonds. The normalized spacial score (nSPS) is 33.6. The molecule has 2 aliphatic rings. The SMILES string of the molecule is CC1CC(CN)(C(=O)N(C)CC2(O)CCOCC2)C1. The van der Waals surface area contributed by atoms with Gasteiger partial charge in [0.25, 0.3) is 0 Å². The van der Waals surface area contributed by atoms with Gasteiger partial charge in [-0.3, -0.25) is 4.79 Å². The number of likely N-dealkylation sites (N-methyl/N-ethyl adjacent to an activating group) is 1. The molecule has 5 nitrogen and oxygen atoms in total. The van der Waals surface area contributed by atoms with Crippen molar-refractivity contribution in [3.05, 3.63) is 0 Å². The van der Waals surface area contributed by atoms with Crippen molar-refractivity contribution < 1.29 is 14.6 Å². The molecule has 1 saturated heterocycles. The summed E-state index contributed by atoms with van der Waals surface area (Å²) in [5.74, 6) is 0.667. The third-order valence-corrected chi connectivity index (χ3v) is 4.62. The Hall–Kier alpha value is -0.650. The van der Waals surface area contributed by atoms with Crippen LogP contribution in [0.15, 0.2) is 0 Å². The lowest BCUT2D eigenvalue weighted by molar-refractivity contribution is -0.154. The van der Waals surface area contributed by atoms with Gasteiger partial charge >= 0.3 is 0 Å². The molecule has 1 aliphatic heterocycles. The lowest BCUT2D eigenvalue weighted by atomic mass is 9.62. The molecule has 5 heteroatoms. The fraction of sp³-hybridized carbons (Fsp3) is 0.929. The fourth-order valence-electron chi connectivity index (χ4n) is 3.53. The second-order valence-corrected chi connectivity index (χ2v) is 6.50. The standard InChI is InChI=1S/C14H26N2O3/c1-11-7-13(8-11,9-15)12(17)16(2)10-14(18)3-5-19-6-4-14/h11,18H,3-10,15H2,1-2H3. The lowest BCUT2D eigenvalue weighted by Crippen LogP contribution is -2.57. The molecule has 1 aliphatic carbocycles. The van der Waals surface area contributed by atoms with Gasteiger partial charge in [0.05, 0.1) is 11.0 Å². The number of amides is 1. The molecule has 0 atom stereocenters. The molecule has 0 aromatic carbocycles. The molecule has 1 heterocycles. The minimum atomic E-state index is -0.798. The van der Waals surface area contributed by atoms with Crippen LogP contribution in [0.1, 0.15) is 32.6 Å². The van der Waals surface area contributed by atoms with E-state index in [9.17, 15) is 9.90 Å². The van der Waals surface area contributed by atoms with Crippen LogP contribution in [0, 0.1) is 11.3 Å². The molecule has 2 fully saturated rings. The Balaban J connectivity index is 1.95. The molecular weight excluding hydrogens is 244 g/mol. The van der Waals surface area contributed by atoms with Gasteiger partial charge in [-0.1, -0.05) is 6.92 Å². The molecule has 2 rings (SSSR count). The van der Waals surface area contributed by atoms with E-state index in [-0.39, 0.29) is 11.3 Å². The highest BCUT2D eigenvalue weighted by Crippen LogP contribution is 2.46. The number of hydrogen-bond acceptors (Lipinski definition) is 4. The zero-order valence-electron chi connectivity index (χ0n) is 12.0. The Morgan fingerprint density at radius 2 is 2.00 bits per heavy atom. The van der Waals surface area contributed by atoms with Crippen LogP contribution in [0.25, 0.3) is 0 Å². The largest absolute Gasteiger partial charge is 0.388 e. The highest BCUT2D eigenvalue weighted by atomic mass is 16.5. The van der Waals surface area contributed by atoms with Crippen LogP contribution < -0.4 is 5.73 Å². The first kappa shape index (κ1) is 14.8. The van der Waals surface area contributed by atoms with E-state index in [1.807, 2.05) is 0 Å². The van der Waals surface area contributed by atoms with Crippen molar-refractivity contribution >= 4 is 5.91 Å². The summed E-state index contributed by atoms with van der Waals surface area (Å²) in [6.07, 6.45) is 2.93. The van der Waals surface area contributed by atoms with Crippen molar-refractivity contribution in [2.24, 2.45) is 17.1 Å². The molecule has 0 spiro atoms. The van der Waals surface area contributed by atoms with Gasteiger partial charge in [0.15, 0.2) is 0 Å². The Morgan fingerprint density at radius 3 is 2.47 bits per heavy atom. The third-order valence-electron chi connectivity index (χ3n) is 4.62. The molecule has 3 N–H and O–H groups in total. The monoisotopic (exact) mass is 270 g/mol. The molecule has 0 aromatic rings. The predicted octanol–water partition coefficient (Wildman–Crippen LogP) is 0.361. The van der Waals surface area contributed by atoms with E-state index in [0.717, 1.165) is 12.8 Å². The van der Waals surface area contributed by atoms with Crippen LogP contribution in [-0.2, 0) is 9.53 Å². The zero-order chi connectivity index (χ0) is 14.1. The molecular formula is C14H26N2O3. The number of nitrogens with zero attached hydrogens (tertiary/aromatic N) is 1. The van der Waals surface area contributed by atoms with Crippen molar-refractivity contribution in [1.82, 2.24) is 4.90 Å². The average Bonchev–Trinajstić information content (AvgIpc) is 2.34. The summed E-state index contributed by atoms with van der Waals surface area (Å²) in [6.45, 7) is 4.07. The predicted molar refractivity (Wildman–Crippen MR) is 72.5 cm³/mol. The van der Waals surface area contributed by atoms with Gasteiger partial charge in [-0.05, 0) is 18.8 Å². The smallest absolute Gasteiger partial charge is 0.229 e. The minimum Gasteiger partial charge on any atom is -0.388 e. The van der Waals surface area contributed by atoms with E-state index < -0.39 is 5.60 Å². The number of carbonyl (C=O) groups is 1. The van der Waals surface area contributed by atoms with Crippen molar-refractivity contribution in [1.29, 1.82) is 0 Å². The average molecular weight is 270 g/mol. The first-order valence-corrected chi connectivity index (χ1v) is 7.17. The molecule has 0 radical (unpaired) electrons.